The van der Waals surface area contributed by atoms with Gasteiger partial charge >= 0.3 is 5.54 Å². The number of nitrogens with zero attached hydrogens (tertiary/aromatic N) is 2. The fraction of sp³-hybridized carbons (Fsp3) is 0.444. The summed E-state index contributed by atoms with van der Waals surface area (Å²) in [6.45, 7) is 6.87. The van der Waals surface area contributed by atoms with Crippen LogP contribution >= 0.6 is 0 Å². The molecule has 0 amide bonds. The van der Waals surface area contributed by atoms with Crippen LogP contribution in [0.2, 0.25) is 0 Å². The molecule has 0 bridgehead atoms. The molecular weight excluding hydrogens is 152 g/mol. The first-order valence-corrected chi connectivity index (χ1v) is 3.70. The van der Waals surface area contributed by atoms with Crippen molar-refractivity contribution in [3.05, 3.63) is 23.1 Å². The standard InChI is InChI=1S/C9H8N2O/c1-11-9(7-10)4-2-3-8(5-9)6-12/h3,6H,2,4-5H2. The first kappa shape index (κ1) is 8.49. The SMILES string of the molecule is [C-]#[N+]C1(C#N)CCC=C(C=O)C1. The highest BCUT2D eigenvalue weighted by Crippen LogP contribution is 2.30. The molecule has 1 rings (SSSR count). The minimum absolute atomic E-state index is 0.288. The molecule has 0 fully saturated rings. The average molecular weight is 160 g/mol. The number of carbonyl (C=O) groups is 1. The maximum atomic E-state index is 10.4. The van der Waals surface area contributed by atoms with Crippen molar-refractivity contribution in [1.29, 1.82) is 5.26 Å². The third-order valence-electron chi connectivity index (χ3n) is 2.03. The molecule has 0 N–H and O–H groups in total. The number of hydrogen-bond donors (Lipinski definition) is 0. The Morgan fingerprint density at radius 2 is 2.58 bits per heavy atom. The fourth-order valence-electron chi connectivity index (χ4n) is 1.30. The summed E-state index contributed by atoms with van der Waals surface area (Å²) in [5.74, 6) is 0. The number of nitriles is 1. The summed E-state index contributed by atoms with van der Waals surface area (Å²) >= 11 is 0. The van der Waals surface area contributed by atoms with Crippen molar-refractivity contribution in [3.63, 3.8) is 0 Å². The lowest BCUT2D eigenvalue weighted by molar-refractivity contribution is -0.105. The van der Waals surface area contributed by atoms with Gasteiger partial charge in [-0.25, -0.2) is 6.57 Å². The van der Waals surface area contributed by atoms with Crippen molar-refractivity contribution in [2.75, 3.05) is 0 Å². The van der Waals surface area contributed by atoms with Crippen molar-refractivity contribution in [2.45, 2.75) is 24.8 Å². The summed E-state index contributed by atoms with van der Waals surface area (Å²) in [5.41, 5.74) is -0.385. The Bertz CT molecular complexity index is 289. The maximum Gasteiger partial charge on any atom is 0.320 e. The van der Waals surface area contributed by atoms with Gasteiger partial charge in [-0.1, -0.05) is 6.08 Å². The van der Waals surface area contributed by atoms with E-state index in [1.54, 1.807) is 6.08 Å². The molecule has 0 saturated heterocycles. The van der Waals surface area contributed by atoms with Gasteiger partial charge in [0.1, 0.15) is 6.29 Å². The second-order valence-electron chi connectivity index (χ2n) is 2.87. The third-order valence-corrected chi connectivity index (χ3v) is 2.03. The summed E-state index contributed by atoms with van der Waals surface area (Å²) in [7, 11) is 0. The molecule has 1 aliphatic rings. The lowest BCUT2D eigenvalue weighted by Crippen LogP contribution is -2.25. The summed E-state index contributed by atoms with van der Waals surface area (Å²) in [6, 6.07) is 1.98. The zero-order valence-electron chi connectivity index (χ0n) is 6.58. The first-order chi connectivity index (χ1) is 5.76. The monoisotopic (exact) mass is 160 g/mol. The molecule has 0 aromatic rings. The van der Waals surface area contributed by atoms with Gasteiger partial charge in [0.05, 0.1) is 6.42 Å². The second-order valence-corrected chi connectivity index (χ2v) is 2.87. The lowest BCUT2D eigenvalue weighted by atomic mass is 9.84. The van der Waals surface area contributed by atoms with Crippen molar-refractivity contribution in [3.8, 4) is 6.07 Å². The van der Waals surface area contributed by atoms with Gasteiger partial charge in [0.2, 0.25) is 0 Å². The topological polar surface area (TPSA) is 45.2 Å². The second kappa shape index (κ2) is 3.19. The Morgan fingerprint density at radius 3 is 3.08 bits per heavy atom. The lowest BCUT2D eigenvalue weighted by Gasteiger charge is -2.17. The van der Waals surface area contributed by atoms with E-state index in [1.165, 1.54) is 0 Å². The first-order valence-electron chi connectivity index (χ1n) is 3.70. The van der Waals surface area contributed by atoms with Crippen LogP contribution in [0.4, 0.5) is 0 Å². The smallest absolute Gasteiger partial charge is 0.298 e. The van der Waals surface area contributed by atoms with E-state index in [1.807, 2.05) is 6.07 Å². The molecule has 0 aromatic heterocycles. The molecule has 60 valence electrons. The normalized spacial score (nSPS) is 28.0. The molecule has 3 nitrogen and oxygen atoms in total. The molecule has 0 spiro atoms. The van der Waals surface area contributed by atoms with Gasteiger partial charge in [-0.3, -0.25) is 9.64 Å². The molecule has 1 atom stereocenters. The molecule has 0 saturated carbocycles. The maximum absolute atomic E-state index is 10.4. The fourth-order valence-corrected chi connectivity index (χ4v) is 1.30. The zero-order valence-corrected chi connectivity index (χ0v) is 6.58. The van der Waals surface area contributed by atoms with E-state index in [2.05, 4.69) is 4.85 Å². The van der Waals surface area contributed by atoms with Gasteiger partial charge < -0.3 is 0 Å². The Hall–Kier alpha value is -1.61. The molecule has 0 aromatic carbocycles. The summed E-state index contributed by atoms with van der Waals surface area (Å²) in [4.78, 5) is 13.7. The summed E-state index contributed by atoms with van der Waals surface area (Å²) in [5, 5.41) is 8.75. The Kier molecular flexibility index (Phi) is 2.26. The largest absolute Gasteiger partial charge is 0.320 e. The Morgan fingerprint density at radius 1 is 1.83 bits per heavy atom. The van der Waals surface area contributed by atoms with E-state index in [9.17, 15) is 4.79 Å². The number of allylic oxidation sites excluding steroid dienone is 1. The molecule has 0 aliphatic heterocycles. The summed E-state index contributed by atoms with van der Waals surface area (Å²) < 4.78 is 0. The van der Waals surface area contributed by atoms with Crippen LogP contribution in [0.1, 0.15) is 19.3 Å². The van der Waals surface area contributed by atoms with Gasteiger partial charge in [0.25, 0.3) is 0 Å². The Labute approximate surface area is 71.1 Å². The van der Waals surface area contributed by atoms with Gasteiger partial charge in [-0.05, 0) is 12.0 Å². The van der Waals surface area contributed by atoms with E-state index in [0.717, 1.165) is 6.29 Å². The van der Waals surface area contributed by atoms with E-state index >= 15 is 0 Å². The molecule has 1 aliphatic carbocycles. The van der Waals surface area contributed by atoms with Crippen molar-refractivity contribution in [2.24, 2.45) is 0 Å². The van der Waals surface area contributed by atoms with Crippen LogP contribution in [-0.4, -0.2) is 11.8 Å². The molecule has 1 unspecified atom stereocenters. The molecule has 3 heteroatoms. The highest BCUT2D eigenvalue weighted by Gasteiger charge is 2.39. The number of carbonyl (C=O) groups excluding carboxylic acids is 1. The van der Waals surface area contributed by atoms with Gasteiger partial charge in [0.15, 0.2) is 6.07 Å². The van der Waals surface area contributed by atoms with Crippen molar-refractivity contribution >= 4 is 6.29 Å². The predicted octanol–water partition coefficient (Wildman–Crippen LogP) is 1.48. The van der Waals surface area contributed by atoms with Crippen LogP contribution < -0.4 is 0 Å². The highest BCUT2D eigenvalue weighted by molar-refractivity contribution is 5.74. The van der Waals surface area contributed by atoms with Crippen molar-refractivity contribution < 1.29 is 4.79 Å². The van der Waals surface area contributed by atoms with Gasteiger partial charge in [0, 0.05) is 6.42 Å². The minimum atomic E-state index is -0.967. The van der Waals surface area contributed by atoms with E-state index in [0.29, 0.717) is 18.4 Å². The van der Waals surface area contributed by atoms with E-state index in [4.69, 9.17) is 11.8 Å². The number of aldehydes is 1. The molecular formula is C9H8N2O. The quantitative estimate of drug-likeness (QED) is 0.430. The van der Waals surface area contributed by atoms with Crippen LogP contribution in [0, 0.1) is 17.9 Å². The number of rotatable bonds is 1. The van der Waals surface area contributed by atoms with Crippen LogP contribution in [0.15, 0.2) is 11.6 Å². The summed E-state index contributed by atoms with van der Waals surface area (Å²) in [6.07, 6.45) is 4.02. The average Bonchev–Trinajstić information content (AvgIpc) is 2.18. The molecule has 0 heterocycles. The minimum Gasteiger partial charge on any atom is -0.298 e. The van der Waals surface area contributed by atoms with Crippen molar-refractivity contribution in [1.82, 2.24) is 0 Å². The van der Waals surface area contributed by atoms with Crippen LogP contribution in [-0.2, 0) is 4.79 Å². The van der Waals surface area contributed by atoms with E-state index in [-0.39, 0.29) is 6.42 Å². The van der Waals surface area contributed by atoms with Gasteiger partial charge in [-0.15, -0.1) is 0 Å². The molecule has 0 radical (unpaired) electrons. The van der Waals surface area contributed by atoms with E-state index < -0.39 is 5.54 Å². The molecule has 12 heavy (non-hydrogen) atoms. The predicted molar refractivity (Wildman–Crippen MR) is 42.9 cm³/mol. The van der Waals surface area contributed by atoms with Crippen LogP contribution in [0.3, 0.4) is 0 Å². The number of hydrogen-bond acceptors (Lipinski definition) is 2. The van der Waals surface area contributed by atoms with Gasteiger partial charge in [-0.2, -0.15) is 5.26 Å². The van der Waals surface area contributed by atoms with Crippen LogP contribution in [0.5, 0.6) is 0 Å². The highest BCUT2D eigenvalue weighted by atomic mass is 16.1. The van der Waals surface area contributed by atoms with Crippen LogP contribution in [0.25, 0.3) is 4.85 Å². The Balaban J connectivity index is 2.89. The third kappa shape index (κ3) is 1.35. The zero-order chi connectivity index (χ0) is 9.03.